The average molecular weight is 417 g/mol. The molecule has 3 aliphatic rings. The number of rotatable bonds is 3. The van der Waals surface area contributed by atoms with Gasteiger partial charge < -0.3 is 24.1 Å². The molecule has 2 aromatic carbocycles. The van der Waals surface area contributed by atoms with Gasteiger partial charge in [-0.3, -0.25) is 9.79 Å². The van der Waals surface area contributed by atoms with Crippen molar-refractivity contribution in [3.8, 4) is 17.2 Å². The molecule has 2 aromatic rings. The molecule has 3 N–H and O–H groups in total. The molecular weight excluding hydrogens is 401 g/mol. The van der Waals surface area contributed by atoms with Gasteiger partial charge in [0, 0.05) is 11.8 Å². The maximum absolute atomic E-state index is 12.6. The van der Waals surface area contributed by atoms with E-state index in [1.54, 1.807) is 24.3 Å². The zero-order valence-corrected chi connectivity index (χ0v) is 16.1. The van der Waals surface area contributed by atoms with Gasteiger partial charge in [0.15, 0.2) is 11.5 Å². The fraction of sp³-hybridized carbons (Fsp3) is 0.211. The second kappa shape index (κ2) is 6.00. The highest BCUT2D eigenvalue weighted by Crippen LogP contribution is 2.53. The Labute approximate surface area is 165 Å². The Balaban J connectivity index is 1.73. The van der Waals surface area contributed by atoms with Crippen molar-refractivity contribution in [3.63, 3.8) is 0 Å². The normalized spacial score (nSPS) is 22.0. The van der Waals surface area contributed by atoms with Crippen LogP contribution >= 0.6 is 7.82 Å². The van der Waals surface area contributed by atoms with E-state index < -0.39 is 19.2 Å². The van der Waals surface area contributed by atoms with Crippen molar-refractivity contribution in [1.82, 2.24) is 0 Å². The molecule has 9 nitrogen and oxygen atoms in total. The van der Waals surface area contributed by atoms with Gasteiger partial charge in [-0.2, -0.15) is 0 Å². The van der Waals surface area contributed by atoms with Crippen molar-refractivity contribution in [2.45, 2.75) is 12.3 Å². The smallest absolute Gasteiger partial charge is 0.456 e. The molecule has 3 heterocycles. The number of carbonyl (C=O) groups excluding carboxylic acids is 1. The third kappa shape index (κ3) is 2.78. The number of phosphoric ester groups is 1. The molecule has 1 atom stereocenters. The van der Waals surface area contributed by atoms with E-state index in [0.29, 0.717) is 28.3 Å². The number of anilines is 1. The van der Waals surface area contributed by atoms with Gasteiger partial charge in [-0.25, -0.2) is 9.36 Å². The summed E-state index contributed by atoms with van der Waals surface area (Å²) in [5, 5.41) is 3.24. The van der Waals surface area contributed by atoms with Crippen LogP contribution in [-0.2, 0) is 19.5 Å². The molecule has 0 fully saturated rings. The molecule has 3 aliphatic heterocycles. The standard InChI is InChI=1S/C19H16NO8P/c1-19(10-3-2-4-11(5-10)28-29(22,23)24)12-6-15-16(27-9-26-15)7-13(12)20-14-8-25-18(21)17(14)19/h2-7,20H,8-9H2,1H3,(H2,22,23,24). The molecule has 0 spiro atoms. The maximum atomic E-state index is 12.6. The van der Waals surface area contributed by atoms with Gasteiger partial charge in [-0.1, -0.05) is 12.1 Å². The fourth-order valence-corrected chi connectivity index (χ4v) is 4.46. The Morgan fingerprint density at radius 2 is 1.90 bits per heavy atom. The first-order valence-electron chi connectivity index (χ1n) is 8.73. The zero-order valence-electron chi connectivity index (χ0n) is 15.2. The van der Waals surface area contributed by atoms with Gasteiger partial charge in [-0.05, 0) is 36.2 Å². The monoisotopic (exact) mass is 417 g/mol. The lowest BCUT2D eigenvalue weighted by Gasteiger charge is -2.37. The van der Waals surface area contributed by atoms with Gasteiger partial charge in [0.05, 0.1) is 16.7 Å². The summed E-state index contributed by atoms with van der Waals surface area (Å²) in [4.78, 5) is 30.9. The van der Waals surface area contributed by atoms with Gasteiger partial charge in [-0.15, -0.1) is 0 Å². The molecule has 150 valence electrons. The molecule has 0 saturated heterocycles. The third-order valence-electron chi connectivity index (χ3n) is 5.33. The number of carbonyl (C=O) groups is 1. The van der Waals surface area contributed by atoms with Crippen LogP contribution in [0.3, 0.4) is 0 Å². The first-order chi connectivity index (χ1) is 13.8. The van der Waals surface area contributed by atoms with Crippen molar-refractivity contribution in [1.29, 1.82) is 0 Å². The van der Waals surface area contributed by atoms with Crippen molar-refractivity contribution in [2.24, 2.45) is 0 Å². The summed E-state index contributed by atoms with van der Waals surface area (Å²) < 4.78 is 32.3. The predicted molar refractivity (Wildman–Crippen MR) is 99.7 cm³/mol. The number of phosphoric acid groups is 1. The van der Waals surface area contributed by atoms with E-state index >= 15 is 0 Å². The van der Waals surface area contributed by atoms with Crippen molar-refractivity contribution >= 4 is 19.5 Å². The summed E-state index contributed by atoms with van der Waals surface area (Å²) in [7, 11) is -4.73. The quantitative estimate of drug-likeness (QED) is 0.510. The van der Waals surface area contributed by atoms with Crippen LogP contribution in [0.2, 0.25) is 0 Å². The molecule has 0 aromatic heterocycles. The summed E-state index contributed by atoms with van der Waals surface area (Å²) in [6, 6.07) is 9.93. The van der Waals surface area contributed by atoms with Gasteiger partial charge in [0.1, 0.15) is 12.4 Å². The fourth-order valence-electron chi connectivity index (χ4n) is 4.07. The topological polar surface area (TPSA) is 124 Å². The van der Waals surface area contributed by atoms with Crippen molar-refractivity contribution in [3.05, 3.63) is 58.8 Å². The Hall–Kier alpha value is -3.00. The molecule has 10 heteroatoms. The van der Waals surface area contributed by atoms with E-state index in [1.165, 1.54) is 12.1 Å². The second-order valence-electron chi connectivity index (χ2n) is 7.04. The number of hydrogen-bond acceptors (Lipinski definition) is 7. The summed E-state index contributed by atoms with van der Waals surface area (Å²) in [6.45, 7) is 2.07. The summed E-state index contributed by atoms with van der Waals surface area (Å²) in [6.07, 6.45) is 0. The number of ether oxygens (including phenoxy) is 3. The predicted octanol–water partition coefficient (Wildman–Crippen LogP) is 2.43. The van der Waals surface area contributed by atoms with Crippen LogP contribution in [0.25, 0.3) is 0 Å². The van der Waals surface area contributed by atoms with Crippen LogP contribution in [0.1, 0.15) is 18.1 Å². The van der Waals surface area contributed by atoms with E-state index in [4.69, 9.17) is 28.5 Å². The number of fused-ring (bicyclic) bond motifs is 2. The van der Waals surface area contributed by atoms with Gasteiger partial charge >= 0.3 is 13.8 Å². The van der Waals surface area contributed by atoms with Gasteiger partial charge in [0.2, 0.25) is 6.79 Å². The van der Waals surface area contributed by atoms with Crippen LogP contribution in [0.4, 0.5) is 5.69 Å². The lowest BCUT2D eigenvalue weighted by Crippen LogP contribution is -2.34. The van der Waals surface area contributed by atoms with E-state index in [1.807, 2.05) is 6.92 Å². The van der Waals surface area contributed by atoms with Crippen LogP contribution in [0, 0.1) is 0 Å². The van der Waals surface area contributed by atoms with Crippen LogP contribution < -0.4 is 19.3 Å². The van der Waals surface area contributed by atoms with E-state index in [0.717, 1.165) is 11.3 Å². The molecule has 0 amide bonds. The van der Waals surface area contributed by atoms with E-state index in [2.05, 4.69) is 5.32 Å². The summed E-state index contributed by atoms with van der Waals surface area (Å²) in [5.41, 5.74) is 2.17. The minimum atomic E-state index is -4.73. The van der Waals surface area contributed by atoms with Crippen LogP contribution in [0.5, 0.6) is 17.2 Å². The van der Waals surface area contributed by atoms with Crippen molar-refractivity contribution < 1.29 is 37.9 Å². The minimum absolute atomic E-state index is 0.00796. The second-order valence-corrected chi connectivity index (χ2v) is 8.20. The Bertz CT molecular complexity index is 1140. The minimum Gasteiger partial charge on any atom is -0.456 e. The molecular formula is C19H16NO8P. The number of nitrogens with one attached hydrogen (secondary N) is 1. The molecule has 0 bridgehead atoms. The summed E-state index contributed by atoms with van der Waals surface area (Å²) >= 11 is 0. The largest absolute Gasteiger partial charge is 0.524 e. The maximum Gasteiger partial charge on any atom is 0.524 e. The Morgan fingerprint density at radius 1 is 1.14 bits per heavy atom. The first kappa shape index (κ1) is 18.1. The highest BCUT2D eigenvalue weighted by molar-refractivity contribution is 7.46. The Morgan fingerprint density at radius 3 is 2.66 bits per heavy atom. The SMILES string of the molecule is CC1(c2cccc(OP(=O)(O)O)c2)C2=C(COC2=O)Nc2cc3c(cc21)OCO3. The van der Waals surface area contributed by atoms with Crippen LogP contribution in [-0.4, -0.2) is 29.2 Å². The first-order valence-corrected chi connectivity index (χ1v) is 10.3. The average Bonchev–Trinajstić information content (AvgIpc) is 3.26. The summed E-state index contributed by atoms with van der Waals surface area (Å²) in [5.74, 6) is 0.673. The highest BCUT2D eigenvalue weighted by Gasteiger charge is 2.48. The van der Waals surface area contributed by atoms with E-state index in [-0.39, 0.29) is 19.1 Å². The number of esters is 1. The number of benzene rings is 2. The van der Waals surface area contributed by atoms with Gasteiger partial charge in [0.25, 0.3) is 0 Å². The van der Waals surface area contributed by atoms with Crippen LogP contribution in [0.15, 0.2) is 47.7 Å². The highest BCUT2D eigenvalue weighted by atomic mass is 31.2. The third-order valence-corrected chi connectivity index (χ3v) is 5.77. The molecule has 0 radical (unpaired) electrons. The molecule has 1 unspecified atom stereocenters. The molecule has 5 rings (SSSR count). The molecule has 0 aliphatic carbocycles. The molecule has 29 heavy (non-hydrogen) atoms. The number of hydrogen-bond donors (Lipinski definition) is 3. The number of cyclic esters (lactones) is 1. The Kier molecular flexibility index (Phi) is 3.73. The molecule has 0 saturated carbocycles. The van der Waals surface area contributed by atoms with Crippen molar-refractivity contribution in [2.75, 3.05) is 18.7 Å². The van der Waals surface area contributed by atoms with E-state index in [9.17, 15) is 9.36 Å². The lowest BCUT2D eigenvalue weighted by atomic mass is 9.68. The zero-order chi connectivity index (χ0) is 20.4. The lowest BCUT2D eigenvalue weighted by molar-refractivity contribution is -0.136.